The first-order valence-corrected chi connectivity index (χ1v) is 8.75. The lowest BCUT2D eigenvalue weighted by atomic mass is 9.60. The molecule has 0 aromatic rings. The molecule has 3 aliphatic carbocycles. The third-order valence-corrected chi connectivity index (χ3v) is 7.20. The molecule has 0 heterocycles. The number of aliphatic hydroxyl groups is 1. The van der Waals surface area contributed by atoms with E-state index in [4.69, 9.17) is 0 Å². The van der Waals surface area contributed by atoms with E-state index in [1.165, 1.54) is 57.8 Å². The molecule has 3 rings (SSSR count). The molecule has 0 radical (unpaired) electrons. The fourth-order valence-corrected chi connectivity index (χ4v) is 5.28. The Hall–Kier alpha value is -0.0400. The van der Waals surface area contributed by atoms with Crippen LogP contribution in [-0.4, -0.2) is 10.7 Å². The molecule has 1 N–H and O–H groups in total. The maximum Gasteiger partial charge on any atom is 0.0676 e. The predicted molar refractivity (Wildman–Crippen MR) is 80.0 cm³/mol. The molecule has 0 saturated heterocycles. The van der Waals surface area contributed by atoms with Crippen molar-refractivity contribution < 1.29 is 5.11 Å². The Morgan fingerprint density at radius 3 is 2.00 bits per heavy atom. The van der Waals surface area contributed by atoms with Crippen molar-refractivity contribution in [2.45, 2.75) is 90.1 Å². The second kappa shape index (κ2) is 5.06. The van der Waals surface area contributed by atoms with Crippen LogP contribution in [0.15, 0.2) is 0 Å². The zero-order chi connectivity index (χ0) is 13.5. The van der Waals surface area contributed by atoms with Crippen molar-refractivity contribution in [3.8, 4) is 0 Å². The van der Waals surface area contributed by atoms with Gasteiger partial charge in [-0.05, 0) is 74.5 Å². The summed E-state index contributed by atoms with van der Waals surface area (Å²) in [4.78, 5) is 0. The Balaban J connectivity index is 1.62. The van der Waals surface area contributed by atoms with Crippen LogP contribution in [0.4, 0.5) is 0 Å². The summed E-state index contributed by atoms with van der Waals surface area (Å²) in [6, 6.07) is 0. The van der Waals surface area contributed by atoms with Crippen molar-refractivity contribution in [3.63, 3.8) is 0 Å². The van der Waals surface area contributed by atoms with E-state index in [9.17, 15) is 5.11 Å². The van der Waals surface area contributed by atoms with Crippen LogP contribution in [-0.2, 0) is 0 Å². The summed E-state index contributed by atoms with van der Waals surface area (Å²) in [6.07, 6.45) is 14.5. The normalized spacial score (nSPS) is 41.5. The second-order valence-corrected chi connectivity index (χ2v) is 8.28. The van der Waals surface area contributed by atoms with E-state index < -0.39 is 0 Å². The van der Waals surface area contributed by atoms with Crippen molar-refractivity contribution in [2.24, 2.45) is 23.2 Å². The first-order chi connectivity index (χ1) is 9.03. The summed E-state index contributed by atoms with van der Waals surface area (Å²) in [5, 5.41) is 11.1. The van der Waals surface area contributed by atoms with Gasteiger partial charge in [-0.3, -0.25) is 0 Å². The van der Waals surface area contributed by atoms with E-state index in [0.717, 1.165) is 24.7 Å². The molecule has 0 amide bonds. The highest BCUT2D eigenvalue weighted by molar-refractivity contribution is 4.99. The average Bonchev–Trinajstić information content (AvgIpc) is 2.86. The summed E-state index contributed by atoms with van der Waals surface area (Å²) in [5.41, 5.74) is 0.349. The van der Waals surface area contributed by atoms with Gasteiger partial charge in [-0.2, -0.15) is 0 Å². The molecule has 3 fully saturated rings. The molecule has 0 aromatic carbocycles. The van der Waals surface area contributed by atoms with E-state index in [2.05, 4.69) is 13.8 Å². The van der Waals surface area contributed by atoms with E-state index in [1.54, 1.807) is 0 Å². The lowest BCUT2D eigenvalue weighted by molar-refractivity contribution is -0.0949. The standard InChI is InChI=1S/C18H32O/c1-14-5-6-16(13-15(14)2)18(19)11-9-17(10-12-18)7-3-4-8-17/h14-16,19H,3-13H2,1-2H3. The van der Waals surface area contributed by atoms with Crippen LogP contribution in [0.3, 0.4) is 0 Å². The van der Waals surface area contributed by atoms with Crippen molar-refractivity contribution in [1.29, 1.82) is 0 Å². The molecule has 110 valence electrons. The van der Waals surface area contributed by atoms with E-state index in [0.29, 0.717) is 11.3 Å². The Kier molecular flexibility index (Phi) is 3.71. The molecule has 1 spiro atoms. The smallest absolute Gasteiger partial charge is 0.0676 e. The van der Waals surface area contributed by atoms with Gasteiger partial charge in [-0.15, -0.1) is 0 Å². The summed E-state index contributed by atoms with van der Waals surface area (Å²) < 4.78 is 0. The zero-order valence-corrected chi connectivity index (χ0v) is 13.0. The van der Waals surface area contributed by atoms with Crippen LogP contribution >= 0.6 is 0 Å². The third-order valence-electron chi connectivity index (χ3n) is 7.20. The fourth-order valence-electron chi connectivity index (χ4n) is 5.28. The molecule has 3 atom stereocenters. The molecule has 19 heavy (non-hydrogen) atoms. The molecule has 1 heteroatoms. The van der Waals surface area contributed by atoms with Gasteiger partial charge in [-0.1, -0.05) is 33.1 Å². The molecule has 3 unspecified atom stereocenters. The average molecular weight is 264 g/mol. The van der Waals surface area contributed by atoms with Crippen LogP contribution in [0, 0.1) is 23.2 Å². The van der Waals surface area contributed by atoms with Gasteiger partial charge in [0.1, 0.15) is 0 Å². The molecular weight excluding hydrogens is 232 g/mol. The molecule has 0 aromatic heterocycles. The molecule has 1 nitrogen and oxygen atoms in total. The minimum absolute atomic E-state index is 0.303. The first-order valence-electron chi connectivity index (χ1n) is 8.75. The molecular formula is C18H32O. The number of hydrogen-bond acceptors (Lipinski definition) is 1. The van der Waals surface area contributed by atoms with Gasteiger partial charge in [0.05, 0.1) is 5.60 Å². The van der Waals surface area contributed by atoms with Crippen LogP contribution in [0.25, 0.3) is 0 Å². The Morgan fingerprint density at radius 2 is 1.42 bits per heavy atom. The minimum Gasteiger partial charge on any atom is -0.390 e. The van der Waals surface area contributed by atoms with Gasteiger partial charge in [0.2, 0.25) is 0 Å². The quantitative estimate of drug-likeness (QED) is 0.712. The molecule has 3 saturated carbocycles. The molecule has 0 bridgehead atoms. The summed E-state index contributed by atoms with van der Waals surface area (Å²) in [6.45, 7) is 4.78. The Bertz CT molecular complexity index is 306. The van der Waals surface area contributed by atoms with E-state index >= 15 is 0 Å². The van der Waals surface area contributed by atoms with Crippen molar-refractivity contribution in [2.75, 3.05) is 0 Å². The van der Waals surface area contributed by atoms with Crippen LogP contribution in [0.2, 0.25) is 0 Å². The van der Waals surface area contributed by atoms with E-state index in [-0.39, 0.29) is 5.60 Å². The number of rotatable bonds is 1. The first kappa shape index (κ1) is 13.9. The lowest BCUT2D eigenvalue weighted by Gasteiger charge is -2.48. The predicted octanol–water partition coefficient (Wildman–Crippen LogP) is 4.92. The van der Waals surface area contributed by atoms with Crippen LogP contribution in [0.5, 0.6) is 0 Å². The van der Waals surface area contributed by atoms with Crippen molar-refractivity contribution in [3.05, 3.63) is 0 Å². The second-order valence-electron chi connectivity index (χ2n) is 8.28. The summed E-state index contributed by atoms with van der Waals surface area (Å²) in [7, 11) is 0. The number of hydrogen-bond donors (Lipinski definition) is 1. The topological polar surface area (TPSA) is 20.2 Å². The third kappa shape index (κ3) is 2.60. The Labute approximate surface area is 119 Å². The zero-order valence-electron chi connectivity index (χ0n) is 13.0. The van der Waals surface area contributed by atoms with Crippen molar-refractivity contribution in [1.82, 2.24) is 0 Å². The van der Waals surface area contributed by atoms with Gasteiger partial charge in [-0.25, -0.2) is 0 Å². The monoisotopic (exact) mass is 264 g/mol. The summed E-state index contributed by atoms with van der Waals surface area (Å²) >= 11 is 0. The maximum atomic E-state index is 11.1. The van der Waals surface area contributed by atoms with Crippen LogP contribution < -0.4 is 0 Å². The van der Waals surface area contributed by atoms with Crippen LogP contribution in [0.1, 0.15) is 84.5 Å². The Morgan fingerprint density at radius 1 is 0.789 bits per heavy atom. The largest absolute Gasteiger partial charge is 0.390 e. The van der Waals surface area contributed by atoms with E-state index in [1.807, 2.05) is 0 Å². The van der Waals surface area contributed by atoms with Gasteiger partial charge in [0, 0.05) is 0 Å². The lowest BCUT2D eigenvalue weighted by Crippen LogP contribution is -2.46. The minimum atomic E-state index is -0.303. The molecule has 0 aliphatic heterocycles. The highest BCUT2D eigenvalue weighted by Crippen LogP contribution is 2.54. The summed E-state index contributed by atoms with van der Waals surface area (Å²) in [5.74, 6) is 2.27. The molecule has 3 aliphatic rings. The van der Waals surface area contributed by atoms with Gasteiger partial charge < -0.3 is 5.11 Å². The SMILES string of the molecule is CC1CCC(C2(O)CCC3(CCCC3)CC2)CC1C. The van der Waals surface area contributed by atoms with Gasteiger partial charge in [0.25, 0.3) is 0 Å². The fraction of sp³-hybridized carbons (Fsp3) is 1.00. The van der Waals surface area contributed by atoms with Gasteiger partial charge in [0.15, 0.2) is 0 Å². The van der Waals surface area contributed by atoms with Crippen molar-refractivity contribution >= 4 is 0 Å². The maximum absolute atomic E-state index is 11.1. The highest BCUT2D eigenvalue weighted by Gasteiger charge is 2.47. The van der Waals surface area contributed by atoms with Gasteiger partial charge >= 0.3 is 0 Å². The highest BCUT2D eigenvalue weighted by atomic mass is 16.3.